The molecule has 1 fully saturated rings. The maximum Gasteiger partial charge on any atom is 0.433 e. The van der Waals surface area contributed by atoms with Crippen molar-refractivity contribution >= 4 is 29.8 Å². The van der Waals surface area contributed by atoms with E-state index in [-0.39, 0.29) is 41.5 Å². The van der Waals surface area contributed by atoms with E-state index in [1.165, 1.54) is 37.6 Å². The molecular formula is C24H21N3O8. The van der Waals surface area contributed by atoms with Crippen molar-refractivity contribution in [1.29, 1.82) is 0 Å². The first-order chi connectivity index (χ1) is 16.8. The maximum absolute atomic E-state index is 12.1. The molecule has 2 aromatic rings. The van der Waals surface area contributed by atoms with Gasteiger partial charge in [0.2, 0.25) is 5.78 Å². The molecule has 1 aromatic carbocycles. The van der Waals surface area contributed by atoms with Gasteiger partial charge in [0.25, 0.3) is 0 Å². The minimum absolute atomic E-state index is 0.0737. The van der Waals surface area contributed by atoms with Crippen LogP contribution in [0.25, 0.3) is 0 Å². The number of nitro groups is 1. The van der Waals surface area contributed by atoms with E-state index in [4.69, 9.17) is 9.15 Å². The first-order valence-electron chi connectivity index (χ1n) is 10.3. The summed E-state index contributed by atoms with van der Waals surface area (Å²) in [4.78, 5) is 44.5. The number of allylic oxidation sites excluding steroid dienone is 4. The van der Waals surface area contributed by atoms with E-state index >= 15 is 0 Å². The van der Waals surface area contributed by atoms with Gasteiger partial charge in [-0.3, -0.25) is 19.7 Å². The number of amides is 1. The zero-order valence-corrected chi connectivity index (χ0v) is 18.7. The average molecular weight is 479 g/mol. The molecule has 1 amide bonds. The molecule has 11 nitrogen and oxygen atoms in total. The average Bonchev–Trinajstić information content (AvgIpc) is 3.50. The standard InChI is InChI=1S/C16H14O3.C8H7N3O5/c1-3-12(11-7-5-4-6-8-11)13-9-15(18)16(19-2)10-14(13)17;12-8-10(3-4-15-8)9-5-6-1-2-7(16-6)11(13)14/h3-10,12H,1H2,2H3;1-2,5H,3-4H2. The lowest BCUT2D eigenvalue weighted by Crippen LogP contribution is -2.18. The number of hydrazone groups is 1. The minimum Gasteiger partial charge on any atom is -0.493 e. The molecule has 0 N–H and O–H groups in total. The molecule has 2 aliphatic rings. The summed E-state index contributed by atoms with van der Waals surface area (Å²) < 4.78 is 14.3. The minimum atomic E-state index is -0.651. The summed E-state index contributed by atoms with van der Waals surface area (Å²) in [6.07, 6.45) is 4.91. The number of ether oxygens (including phenoxy) is 2. The molecule has 180 valence electrons. The third-order valence-electron chi connectivity index (χ3n) is 4.88. The Balaban J connectivity index is 0.000000198. The van der Waals surface area contributed by atoms with Gasteiger partial charge in [0.15, 0.2) is 17.3 Å². The highest BCUT2D eigenvalue weighted by atomic mass is 16.6. The molecule has 1 atom stereocenters. The number of furan rings is 1. The monoisotopic (exact) mass is 479 g/mol. The topological polar surface area (TPSA) is 142 Å². The van der Waals surface area contributed by atoms with Crippen LogP contribution in [0.4, 0.5) is 10.7 Å². The van der Waals surface area contributed by atoms with Crippen molar-refractivity contribution in [2.45, 2.75) is 5.92 Å². The van der Waals surface area contributed by atoms with Crippen molar-refractivity contribution in [3.8, 4) is 0 Å². The number of hydrogen-bond donors (Lipinski definition) is 0. The Morgan fingerprint density at radius 1 is 1.14 bits per heavy atom. The molecule has 2 heterocycles. The second-order valence-corrected chi connectivity index (χ2v) is 7.08. The number of carbonyl (C=O) groups is 3. The van der Waals surface area contributed by atoms with E-state index in [9.17, 15) is 24.5 Å². The van der Waals surface area contributed by atoms with Crippen LogP contribution in [0.1, 0.15) is 17.2 Å². The molecule has 1 unspecified atom stereocenters. The van der Waals surface area contributed by atoms with Crippen LogP contribution in [-0.2, 0) is 19.1 Å². The fourth-order valence-electron chi connectivity index (χ4n) is 3.19. The van der Waals surface area contributed by atoms with Crippen LogP contribution in [0.2, 0.25) is 0 Å². The van der Waals surface area contributed by atoms with Gasteiger partial charge in [0.05, 0.1) is 25.9 Å². The van der Waals surface area contributed by atoms with Crippen LogP contribution in [0.15, 0.2) is 88.1 Å². The van der Waals surface area contributed by atoms with Crippen LogP contribution < -0.4 is 0 Å². The molecule has 1 saturated heterocycles. The lowest BCUT2D eigenvalue weighted by molar-refractivity contribution is -0.402. The van der Waals surface area contributed by atoms with Gasteiger partial charge in [-0.1, -0.05) is 36.4 Å². The van der Waals surface area contributed by atoms with Gasteiger partial charge in [-0.2, -0.15) is 10.1 Å². The lowest BCUT2D eigenvalue weighted by atomic mass is 9.85. The van der Waals surface area contributed by atoms with Crippen molar-refractivity contribution in [3.05, 3.63) is 100 Å². The molecule has 35 heavy (non-hydrogen) atoms. The first kappa shape index (κ1) is 24.8. The van der Waals surface area contributed by atoms with Crippen LogP contribution in [0.5, 0.6) is 0 Å². The summed E-state index contributed by atoms with van der Waals surface area (Å²) in [5.74, 6) is -0.890. The molecule has 4 rings (SSSR count). The van der Waals surface area contributed by atoms with Crippen molar-refractivity contribution in [1.82, 2.24) is 5.01 Å². The summed E-state index contributed by atoms with van der Waals surface area (Å²) in [5, 5.41) is 15.2. The van der Waals surface area contributed by atoms with Crippen molar-refractivity contribution in [2.75, 3.05) is 20.3 Å². The molecule has 0 saturated carbocycles. The molecule has 1 aliphatic heterocycles. The van der Waals surface area contributed by atoms with Crippen molar-refractivity contribution in [3.63, 3.8) is 0 Å². The predicted octanol–water partition coefficient (Wildman–Crippen LogP) is 3.54. The molecule has 0 spiro atoms. The smallest absolute Gasteiger partial charge is 0.433 e. The fourth-order valence-corrected chi connectivity index (χ4v) is 3.19. The van der Waals surface area contributed by atoms with E-state index in [2.05, 4.69) is 16.4 Å². The SMILES string of the molecule is C=CC(C1=CC(=O)C(OC)=CC1=O)c1ccccc1.O=C1OCCN1N=Cc1ccc([N+](=O)[O-])o1. The second-order valence-electron chi connectivity index (χ2n) is 7.08. The molecule has 0 radical (unpaired) electrons. The summed E-state index contributed by atoms with van der Waals surface area (Å²) in [6.45, 7) is 4.40. The quantitative estimate of drug-likeness (QED) is 0.193. The Bertz CT molecular complexity index is 1230. The molecule has 1 aliphatic carbocycles. The summed E-state index contributed by atoms with van der Waals surface area (Å²) in [7, 11) is 1.37. The Morgan fingerprint density at radius 3 is 2.46 bits per heavy atom. The molecular weight excluding hydrogens is 458 g/mol. The third-order valence-corrected chi connectivity index (χ3v) is 4.88. The van der Waals surface area contributed by atoms with Gasteiger partial charge in [-0.05, 0) is 17.7 Å². The Labute approximate surface area is 199 Å². The normalized spacial score (nSPS) is 16.1. The Kier molecular flexibility index (Phi) is 8.06. The number of nitrogens with zero attached hydrogens (tertiary/aromatic N) is 3. The summed E-state index contributed by atoms with van der Waals surface area (Å²) in [5.41, 5.74) is 1.35. The number of methoxy groups -OCH3 is 1. The van der Waals surface area contributed by atoms with Gasteiger partial charge in [-0.25, -0.2) is 4.79 Å². The number of hydrogen-bond acceptors (Lipinski definition) is 9. The van der Waals surface area contributed by atoms with E-state index in [1.54, 1.807) is 6.08 Å². The van der Waals surface area contributed by atoms with Crippen LogP contribution in [0, 0.1) is 10.1 Å². The van der Waals surface area contributed by atoms with Crippen molar-refractivity contribution < 1.29 is 33.2 Å². The molecule has 0 bridgehead atoms. The molecule has 1 aromatic heterocycles. The second kappa shape index (κ2) is 11.4. The zero-order valence-electron chi connectivity index (χ0n) is 18.7. The van der Waals surface area contributed by atoms with Gasteiger partial charge in [-0.15, -0.1) is 6.58 Å². The fraction of sp³-hybridized carbons (Fsp3) is 0.167. The highest BCUT2D eigenvalue weighted by Gasteiger charge is 2.26. The van der Waals surface area contributed by atoms with Crippen LogP contribution in [0.3, 0.4) is 0 Å². The highest BCUT2D eigenvalue weighted by molar-refractivity contribution is 6.19. The number of carbonyl (C=O) groups excluding carboxylic acids is 3. The maximum atomic E-state index is 12.1. The highest BCUT2D eigenvalue weighted by Crippen LogP contribution is 2.29. The van der Waals surface area contributed by atoms with Crippen molar-refractivity contribution in [2.24, 2.45) is 5.10 Å². The van der Waals surface area contributed by atoms with E-state index in [0.29, 0.717) is 12.1 Å². The number of ketones is 2. The molecule has 11 heteroatoms. The number of benzene rings is 1. The van der Waals surface area contributed by atoms with Crippen LogP contribution >= 0.6 is 0 Å². The largest absolute Gasteiger partial charge is 0.493 e. The van der Waals surface area contributed by atoms with Crippen LogP contribution in [-0.4, -0.2) is 54.1 Å². The van der Waals surface area contributed by atoms with E-state index < -0.39 is 11.0 Å². The lowest BCUT2D eigenvalue weighted by Gasteiger charge is -2.18. The first-order valence-corrected chi connectivity index (χ1v) is 10.3. The summed E-state index contributed by atoms with van der Waals surface area (Å²) in [6, 6.07) is 12.1. The van der Waals surface area contributed by atoms with Gasteiger partial charge in [0, 0.05) is 17.6 Å². The Morgan fingerprint density at radius 2 is 1.89 bits per heavy atom. The predicted molar refractivity (Wildman–Crippen MR) is 124 cm³/mol. The van der Waals surface area contributed by atoms with Gasteiger partial charge >= 0.3 is 12.0 Å². The Hall–Kier alpha value is -4.80. The number of rotatable bonds is 7. The van der Waals surface area contributed by atoms with Gasteiger partial charge in [0.1, 0.15) is 11.5 Å². The van der Waals surface area contributed by atoms with Gasteiger partial charge < -0.3 is 13.9 Å². The third kappa shape index (κ3) is 6.16. The van der Waals surface area contributed by atoms with E-state index in [1.807, 2.05) is 30.3 Å². The number of cyclic esters (lactones) is 1. The summed E-state index contributed by atoms with van der Waals surface area (Å²) >= 11 is 0. The van der Waals surface area contributed by atoms with E-state index in [0.717, 1.165) is 10.6 Å². The zero-order chi connectivity index (χ0) is 25.4.